The molecule has 1 saturated carbocycles. The quantitative estimate of drug-likeness (QED) is 0.389. The van der Waals surface area contributed by atoms with Crippen LogP contribution in [0.2, 0.25) is 0 Å². The molecule has 1 aliphatic rings. The molecule has 1 aliphatic carbocycles. The van der Waals surface area contributed by atoms with Crippen LogP contribution in [0.3, 0.4) is 0 Å². The minimum absolute atomic E-state index is 0.233. The first-order valence-electron chi connectivity index (χ1n) is 9.05. The Morgan fingerprint density at radius 1 is 1.04 bits per heavy atom. The average Bonchev–Trinajstić information content (AvgIpc) is 2.55. The summed E-state index contributed by atoms with van der Waals surface area (Å²) in [6, 6.07) is 3.20. The lowest BCUT2D eigenvalue weighted by Gasteiger charge is -2.28. The third-order valence-corrected chi connectivity index (χ3v) is 4.80. The van der Waals surface area contributed by atoms with Gasteiger partial charge in [-0.1, -0.05) is 45.4 Å². The molecule has 2 nitrogen and oxygen atoms in total. The predicted octanol–water partition coefficient (Wildman–Crippen LogP) is 6.49. The Labute approximate surface area is 146 Å². The smallest absolute Gasteiger partial charge is 0.493 e. The standard InChI is InChI=1S/C19H26F4O2/c1-2-3-4-5-14-6-8-15(9-7-14)13-24-16-10-11-18(17(20)12-16)25-19(21,22)23/h10-12,14-15H,2-9,13H2,1H3. The van der Waals surface area contributed by atoms with Crippen LogP contribution < -0.4 is 9.47 Å². The molecular weight excluding hydrogens is 336 g/mol. The van der Waals surface area contributed by atoms with Crippen LogP contribution in [0, 0.1) is 17.7 Å². The zero-order valence-corrected chi connectivity index (χ0v) is 14.6. The highest BCUT2D eigenvalue weighted by Crippen LogP contribution is 2.33. The Hall–Kier alpha value is -1.46. The van der Waals surface area contributed by atoms with E-state index in [0.717, 1.165) is 30.9 Å². The topological polar surface area (TPSA) is 18.5 Å². The van der Waals surface area contributed by atoms with E-state index in [9.17, 15) is 17.6 Å². The van der Waals surface area contributed by atoms with Crippen molar-refractivity contribution in [2.45, 2.75) is 64.7 Å². The van der Waals surface area contributed by atoms with Crippen molar-refractivity contribution in [2.75, 3.05) is 6.61 Å². The zero-order valence-electron chi connectivity index (χ0n) is 14.6. The van der Waals surface area contributed by atoms with Crippen molar-refractivity contribution < 1.29 is 27.0 Å². The highest BCUT2D eigenvalue weighted by atomic mass is 19.4. The minimum Gasteiger partial charge on any atom is -0.493 e. The molecule has 0 N–H and O–H groups in total. The summed E-state index contributed by atoms with van der Waals surface area (Å²) < 4.78 is 59.2. The third-order valence-electron chi connectivity index (χ3n) is 4.80. The van der Waals surface area contributed by atoms with Crippen molar-refractivity contribution in [3.8, 4) is 11.5 Å². The third kappa shape index (κ3) is 7.12. The number of halogens is 4. The number of benzene rings is 1. The van der Waals surface area contributed by atoms with Crippen LogP contribution in [0.1, 0.15) is 58.3 Å². The maximum absolute atomic E-state index is 13.6. The van der Waals surface area contributed by atoms with E-state index >= 15 is 0 Å². The second-order valence-electron chi connectivity index (χ2n) is 6.83. The van der Waals surface area contributed by atoms with Gasteiger partial charge in [0.05, 0.1) is 6.61 Å². The van der Waals surface area contributed by atoms with Gasteiger partial charge in [-0.3, -0.25) is 0 Å². The summed E-state index contributed by atoms with van der Waals surface area (Å²) in [5.74, 6) is -0.449. The second kappa shape index (κ2) is 9.30. The van der Waals surface area contributed by atoms with E-state index in [1.165, 1.54) is 44.6 Å². The van der Waals surface area contributed by atoms with Crippen LogP contribution in [0.4, 0.5) is 17.6 Å². The maximum atomic E-state index is 13.6. The van der Waals surface area contributed by atoms with Gasteiger partial charge in [-0.25, -0.2) is 4.39 Å². The molecule has 1 aromatic carbocycles. The molecule has 0 amide bonds. The highest BCUT2D eigenvalue weighted by molar-refractivity contribution is 5.33. The van der Waals surface area contributed by atoms with Gasteiger partial charge in [0, 0.05) is 6.07 Å². The SMILES string of the molecule is CCCCCC1CCC(COc2ccc(OC(F)(F)F)c(F)c2)CC1. The molecule has 0 aliphatic heterocycles. The van der Waals surface area contributed by atoms with Crippen LogP contribution in [0.5, 0.6) is 11.5 Å². The molecule has 6 heteroatoms. The Bertz CT molecular complexity index is 523. The molecule has 1 aromatic rings. The molecule has 0 unspecified atom stereocenters. The summed E-state index contributed by atoms with van der Waals surface area (Å²) in [5.41, 5.74) is 0. The molecule has 142 valence electrons. The molecule has 0 spiro atoms. The van der Waals surface area contributed by atoms with Crippen LogP contribution >= 0.6 is 0 Å². The Morgan fingerprint density at radius 3 is 2.32 bits per heavy atom. The van der Waals surface area contributed by atoms with Gasteiger partial charge in [-0.15, -0.1) is 13.2 Å². The van der Waals surface area contributed by atoms with E-state index in [1.807, 2.05) is 0 Å². The average molecular weight is 362 g/mol. The fraction of sp³-hybridized carbons (Fsp3) is 0.684. The molecule has 1 fully saturated rings. The number of ether oxygens (including phenoxy) is 2. The van der Waals surface area contributed by atoms with Crippen molar-refractivity contribution >= 4 is 0 Å². The normalized spacial score (nSPS) is 21.2. The summed E-state index contributed by atoms with van der Waals surface area (Å²) in [6.45, 7) is 2.68. The molecule has 0 heterocycles. The summed E-state index contributed by atoms with van der Waals surface area (Å²) in [5, 5.41) is 0. The maximum Gasteiger partial charge on any atom is 0.573 e. The fourth-order valence-corrected chi connectivity index (χ4v) is 3.36. The van der Waals surface area contributed by atoms with Crippen molar-refractivity contribution in [1.29, 1.82) is 0 Å². The van der Waals surface area contributed by atoms with E-state index < -0.39 is 17.9 Å². The van der Waals surface area contributed by atoms with E-state index in [0.29, 0.717) is 12.5 Å². The molecule has 0 atom stereocenters. The van der Waals surface area contributed by atoms with Gasteiger partial charge in [-0.2, -0.15) is 0 Å². The minimum atomic E-state index is -4.90. The number of unbranched alkanes of at least 4 members (excludes halogenated alkanes) is 2. The van der Waals surface area contributed by atoms with Crippen LogP contribution in [-0.2, 0) is 0 Å². The Kier molecular flexibility index (Phi) is 7.38. The van der Waals surface area contributed by atoms with Gasteiger partial charge < -0.3 is 9.47 Å². The van der Waals surface area contributed by atoms with Gasteiger partial charge >= 0.3 is 6.36 Å². The molecule has 0 bridgehead atoms. The lowest BCUT2D eigenvalue weighted by molar-refractivity contribution is -0.275. The van der Waals surface area contributed by atoms with Crippen LogP contribution in [0.15, 0.2) is 18.2 Å². The van der Waals surface area contributed by atoms with Crippen LogP contribution in [0.25, 0.3) is 0 Å². The first-order valence-corrected chi connectivity index (χ1v) is 9.05. The second-order valence-corrected chi connectivity index (χ2v) is 6.83. The first-order chi connectivity index (χ1) is 11.9. The summed E-state index contributed by atoms with van der Waals surface area (Å²) >= 11 is 0. The van der Waals surface area contributed by atoms with Gasteiger partial charge in [0.2, 0.25) is 0 Å². The predicted molar refractivity (Wildman–Crippen MR) is 88.2 cm³/mol. The van der Waals surface area contributed by atoms with Crippen LogP contribution in [-0.4, -0.2) is 13.0 Å². The number of alkyl halides is 3. The Balaban J connectivity index is 1.74. The molecular formula is C19H26F4O2. The van der Waals surface area contributed by atoms with Crippen molar-refractivity contribution in [3.05, 3.63) is 24.0 Å². The van der Waals surface area contributed by atoms with Crippen molar-refractivity contribution in [3.63, 3.8) is 0 Å². The van der Waals surface area contributed by atoms with Gasteiger partial charge in [0.1, 0.15) is 5.75 Å². The van der Waals surface area contributed by atoms with E-state index in [1.54, 1.807) is 0 Å². The van der Waals surface area contributed by atoms with E-state index in [-0.39, 0.29) is 5.75 Å². The van der Waals surface area contributed by atoms with E-state index in [2.05, 4.69) is 11.7 Å². The first kappa shape index (κ1) is 19.9. The lowest BCUT2D eigenvalue weighted by atomic mass is 9.80. The van der Waals surface area contributed by atoms with Gasteiger partial charge in [0.15, 0.2) is 11.6 Å². The zero-order chi connectivity index (χ0) is 18.3. The van der Waals surface area contributed by atoms with E-state index in [4.69, 9.17) is 4.74 Å². The summed E-state index contributed by atoms with van der Waals surface area (Å²) in [4.78, 5) is 0. The van der Waals surface area contributed by atoms with Crippen molar-refractivity contribution in [1.82, 2.24) is 0 Å². The lowest BCUT2D eigenvalue weighted by Crippen LogP contribution is -2.20. The highest BCUT2D eigenvalue weighted by Gasteiger charge is 2.32. The molecule has 25 heavy (non-hydrogen) atoms. The number of hydrogen-bond acceptors (Lipinski definition) is 2. The molecule has 2 rings (SSSR count). The monoisotopic (exact) mass is 362 g/mol. The molecule has 0 aromatic heterocycles. The van der Waals surface area contributed by atoms with Gasteiger partial charge in [-0.05, 0) is 36.8 Å². The van der Waals surface area contributed by atoms with Crippen molar-refractivity contribution in [2.24, 2.45) is 11.8 Å². The van der Waals surface area contributed by atoms with Gasteiger partial charge in [0.25, 0.3) is 0 Å². The summed E-state index contributed by atoms with van der Waals surface area (Å²) in [7, 11) is 0. The molecule has 0 radical (unpaired) electrons. The Morgan fingerprint density at radius 2 is 1.72 bits per heavy atom. The summed E-state index contributed by atoms with van der Waals surface area (Å²) in [6.07, 6.45) is 4.81. The largest absolute Gasteiger partial charge is 0.573 e. The number of hydrogen-bond donors (Lipinski definition) is 0. The fourth-order valence-electron chi connectivity index (χ4n) is 3.36. The number of rotatable bonds is 8. The molecule has 0 saturated heterocycles.